The van der Waals surface area contributed by atoms with E-state index in [1.165, 1.54) is 19.1 Å². The Hall–Kier alpha value is -1.85. The molecule has 6 heteroatoms. The molecule has 0 bridgehead atoms. The molecule has 2 aromatic rings. The van der Waals surface area contributed by atoms with Crippen molar-refractivity contribution in [2.24, 2.45) is 11.7 Å². The van der Waals surface area contributed by atoms with E-state index in [1.54, 1.807) is 0 Å². The molecular weight excluding hydrogens is 290 g/mol. The van der Waals surface area contributed by atoms with Crippen LogP contribution in [0.3, 0.4) is 0 Å². The Kier molecular flexibility index (Phi) is 4.98. The van der Waals surface area contributed by atoms with Crippen LogP contribution in [0.25, 0.3) is 11.5 Å². The van der Waals surface area contributed by atoms with Crippen LogP contribution in [-0.4, -0.2) is 23.5 Å². The lowest BCUT2D eigenvalue weighted by atomic mass is 10.2. The van der Waals surface area contributed by atoms with Gasteiger partial charge in [0.25, 0.3) is 5.91 Å². The number of aromatic nitrogens is 1. The Bertz CT molecular complexity index is 596. The highest BCUT2D eigenvalue weighted by atomic mass is 35.5. The molecule has 0 spiro atoms. The van der Waals surface area contributed by atoms with Crippen LogP contribution in [0.2, 0.25) is 0 Å². The summed E-state index contributed by atoms with van der Waals surface area (Å²) in [6.07, 6.45) is 3.71. The van der Waals surface area contributed by atoms with E-state index in [9.17, 15) is 4.79 Å². The summed E-state index contributed by atoms with van der Waals surface area (Å²) in [7, 11) is 0. The largest absolute Gasteiger partial charge is 0.444 e. The van der Waals surface area contributed by atoms with Crippen molar-refractivity contribution >= 4 is 18.3 Å². The minimum absolute atomic E-state index is 0. The van der Waals surface area contributed by atoms with Gasteiger partial charge in [0.1, 0.15) is 6.26 Å². The first kappa shape index (κ1) is 15.5. The van der Waals surface area contributed by atoms with Crippen LogP contribution in [0.1, 0.15) is 23.3 Å². The Morgan fingerprint density at radius 3 is 2.76 bits per heavy atom. The molecule has 1 saturated carbocycles. The van der Waals surface area contributed by atoms with E-state index in [1.807, 2.05) is 30.3 Å². The number of halogens is 1. The van der Waals surface area contributed by atoms with Gasteiger partial charge in [-0.25, -0.2) is 4.98 Å². The number of hydrogen-bond donors (Lipinski definition) is 2. The summed E-state index contributed by atoms with van der Waals surface area (Å²) >= 11 is 0. The number of nitrogens with two attached hydrogens (primary N) is 1. The van der Waals surface area contributed by atoms with E-state index in [0.29, 0.717) is 18.4 Å². The van der Waals surface area contributed by atoms with E-state index < -0.39 is 0 Å². The van der Waals surface area contributed by atoms with Crippen LogP contribution in [0.15, 0.2) is 41.0 Å². The van der Waals surface area contributed by atoms with Crippen LogP contribution in [-0.2, 0) is 0 Å². The highest BCUT2D eigenvalue weighted by Crippen LogP contribution is 2.31. The number of benzene rings is 1. The van der Waals surface area contributed by atoms with E-state index in [-0.39, 0.29) is 30.0 Å². The molecule has 1 aliphatic rings. The predicted molar refractivity (Wildman–Crippen MR) is 82.2 cm³/mol. The first-order valence-corrected chi connectivity index (χ1v) is 6.79. The minimum Gasteiger partial charge on any atom is -0.444 e. The molecule has 0 saturated heterocycles. The van der Waals surface area contributed by atoms with Crippen molar-refractivity contribution in [3.05, 3.63) is 42.3 Å². The SMILES string of the molecule is Cl.NC(CNC(=O)c1coc(-c2ccccc2)n1)C1CC1. The fourth-order valence-electron chi connectivity index (χ4n) is 2.08. The minimum atomic E-state index is -0.243. The molecular formula is C15H18ClN3O2. The molecule has 5 nitrogen and oxygen atoms in total. The fraction of sp³-hybridized carbons (Fsp3) is 0.333. The molecule has 1 aromatic heterocycles. The van der Waals surface area contributed by atoms with Crippen molar-refractivity contribution in [1.29, 1.82) is 0 Å². The fourth-order valence-corrected chi connectivity index (χ4v) is 2.08. The van der Waals surface area contributed by atoms with Crippen molar-refractivity contribution in [3.63, 3.8) is 0 Å². The summed E-state index contributed by atoms with van der Waals surface area (Å²) in [6.45, 7) is 0.483. The van der Waals surface area contributed by atoms with Crippen molar-refractivity contribution in [2.45, 2.75) is 18.9 Å². The van der Waals surface area contributed by atoms with E-state index >= 15 is 0 Å². The number of nitrogens with zero attached hydrogens (tertiary/aromatic N) is 1. The molecule has 1 aliphatic carbocycles. The maximum absolute atomic E-state index is 11.9. The lowest BCUT2D eigenvalue weighted by Crippen LogP contribution is -2.38. The van der Waals surface area contributed by atoms with Crippen LogP contribution < -0.4 is 11.1 Å². The molecule has 21 heavy (non-hydrogen) atoms. The van der Waals surface area contributed by atoms with Gasteiger partial charge in [-0.1, -0.05) is 18.2 Å². The van der Waals surface area contributed by atoms with Gasteiger partial charge in [0.15, 0.2) is 5.69 Å². The molecule has 0 radical (unpaired) electrons. The van der Waals surface area contributed by atoms with E-state index in [0.717, 1.165) is 5.56 Å². The monoisotopic (exact) mass is 307 g/mol. The van der Waals surface area contributed by atoms with Crippen molar-refractivity contribution in [3.8, 4) is 11.5 Å². The summed E-state index contributed by atoms with van der Waals surface area (Å²) < 4.78 is 5.34. The molecule has 1 amide bonds. The molecule has 1 unspecified atom stereocenters. The quantitative estimate of drug-likeness (QED) is 0.887. The summed E-state index contributed by atoms with van der Waals surface area (Å²) in [5.74, 6) is 0.766. The molecule has 1 aromatic carbocycles. The van der Waals surface area contributed by atoms with Crippen LogP contribution in [0, 0.1) is 5.92 Å². The van der Waals surface area contributed by atoms with Gasteiger partial charge in [-0.05, 0) is 30.9 Å². The average Bonchev–Trinajstić information content (AvgIpc) is 3.22. The Labute approximate surface area is 129 Å². The summed E-state index contributed by atoms with van der Waals surface area (Å²) in [5.41, 5.74) is 7.08. The third-order valence-corrected chi connectivity index (χ3v) is 3.48. The van der Waals surface area contributed by atoms with Gasteiger partial charge in [0, 0.05) is 18.2 Å². The lowest BCUT2D eigenvalue weighted by Gasteiger charge is -2.10. The average molecular weight is 308 g/mol. The highest BCUT2D eigenvalue weighted by Gasteiger charge is 2.28. The third kappa shape index (κ3) is 3.83. The number of oxazole rings is 1. The predicted octanol–water partition coefficient (Wildman–Crippen LogP) is 2.23. The standard InChI is InChI=1S/C15H17N3O2.ClH/c16-12(10-6-7-10)8-17-14(19)13-9-20-15(18-13)11-4-2-1-3-5-11;/h1-5,9-10,12H,6-8,16H2,(H,17,19);1H. The summed E-state index contributed by atoms with van der Waals surface area (Å²) in [4.78, 5) is 16.1. The lowest BCUT2D eigenvalue weighted by molar-refractivity contribution is 0.0945. The van der Waals surface area contributed by atoms with Gasteiger partial charge in [0.2, 0.25) is 5.89 Å². The number of carbonyl (C=O) groups excluding carboxylic acids is 1. The van der Waals surface area contributed by atoms with Crippen molar-refractivity contribution in [1.82, 2.24) is 10.3 Å². The zero-order valence-electron chi connectivity index (χ0n) is 11.5. The van der Waals surface area contributed by atoms with Crippen molar-refractivity contribution in [2.75, 3.05) is 6.54 Å². The molecule has 1 heterocycles. The second-order valence-electron chi connectivity index (χ2n) is 5.12. The topological polar surface area (TPSA) is 81.1 Å². The van der Waals surface area contributed by atoms with Gasteiger partial charge in [-0.2, -0.15) is 0 Å². The van der Waals surface area contributed by atoms with E-state index in [2.05, 4.69) is 10.3 Å². The second-order valence-corrected chi connectivity index (χ2v) is 5.12. The van der Waals surface area contributed by atoms with Gasteiger partial charge >= 0.3 is 0 Å². The first-order chi connectivity index (χ1) is 9.74. The zero-order valence-corrected chi connectivity index (χ0v) is 12.3. The number of hydrogen-bond acceptors (Lipinski definition) is 4. The van der Waals surface area contributed by atoms with Crippen LogP contribution in [0.5, 0.6) is 0 Å². The number of nitrogens with one attached hydrogen (secondary N) is 1. The van der Waals surface area contributed by atoms with E-state index in [4.69, 9.17) is 10.2 Å². The number of rotatable bonds is 5. The third-order valence-electron chi connectivity index (χ3n) is 3.48. The first-order valence-electron chi connectivity index (χ1n) is 6.79. The van der Waals surface area contributed by atoms with Crippen LogP contribution in [0.4, 0.5) is 0 Å². The Morgan fingerprint density at radius 1 is 1.38 bits per heavy atom. The van der Waals surface area contributed by atoms with Gasteiger partial charge in [-0.3, -0.25) is 4.79 Å². The summed E-state index contributed by atoms with van der Waals surface area (Å²) in [5, 5.41) is 2.80. The number of amides is 1. The molecule has 3 rings (SSSR count). The summed E-state index contributed by atoms with van der Waals surface area (Å²) in [6, 6.07) is 9.52. The smallest absolute Gasteiger partial charge is 0.273 e. The Balaban J connectivity index is 0.00000161. The molecule has 1 atom stereocenters. The second kappa shape index (κ2) is 6.74. The highest BCUT2D eigenvalue weighted by molar-refractivity contribution is 5.92. The zero-order chi connectivity index (χ0) is 13.9. The normalized spacial score (nSPS) is 15.1. The Morgan fingerprint density at radius 2 is 2.10 bits per heavy atom. The van der Waals surface area contributed by atoms with Crippen LogP contribution >= 0.6 is 12.4 Å². The molecule has 3 N–H and O–H groups in total. The van der Waals surface area contributed by atoms with Gasteiger partial charge in [0.05, 0.1) is 0 Å². The van der Waals surface area contributed by atoms with Gasteiger partial charge in [-0.15, -0.1) is 12.4 Å². The maximum atomic E-state index is 11.9. The molecule has 112 valence electrons. The van der Waals surface area contributed by atoms with Gasteiger partial charge < -0.3 is 15.5 Å². The molecule has 0 aliphatic heterocycles. The number of carbonyl (C=O) groups is 1. The molecule has 1 fully saturated rings. The maximum Gasteiger partial charge on any atom is 0.273 e. The van der Waals surface area contributed by atoms with Crippen molar-refractivity contribution < 1.29 is 9.21 Å².